The Morgan fingerprint density at radius 1 is 1.21 bits per heavy atom. The van der Waals surface area contributed by atoms with Gasteiger partial charge in [-0.25, -0.2) is 4.98 Å². The van der Waals surface area contributed by atoms with Crippen molar-refractivity contribution in [3.05, 3.63) is 77.3 Å². The van der Waals surface area contributed by atoms with E-state index in [0.29, 0.717) is 24.8 Å². The molecule has 2 aromatic carbocycles. The number of carbonyl (C=O) groups excluding carboxylic acids is 1. The molecule has 8 heteroatoms. The average Bonchev–Trinajstić information content (AvgIpc) is 3.34. The first-order chi connectivity index (χ1) is 16.0. The molecule has 1 aromatic heterocycles. The van der Waals surface area contributed by atoms with Crippen LogP contribution in [0.3, 0.4) is 0 Å². The molecule has 0 saturated heterocycles. The molecule has 3 aromatic rings. The number of hydrogen-bond acceptors (Lipinski definition) is 5. The van der Waals surface area contributed by atoms with Crippen LogP contribution in [0.2, 0.25) is 5.02 Å². The smallest absolute Gasteiger partial charge is 0.266 e. The Labute approximate surface area is 203 Å². The molecule has 33 heavy (non-hydrogen) atoms. The van der Waals surface area contributed by atoms with Gasteiger partial charge in [0.05, 0.1) is 25.2 Å². The lowest BCUT2D eigenvalue weighted by atomic mass is 10.1. The summed E-state index contributed by atoms with van der Waals surface area (Å²) < 4.78 is 14.2. The number of aromatic nitrogens is 2. The van der Waals surface area contributed by atoms with E-state index < -0.39 is 5.44 Å². The van der Waals surface area contributed by atoms with Crippen molar-refractivity contribution in [2.45, 2.75) is 49.4 Å². The van der Waals surface area contributed by atoms with Crippen molar-refractivity contribution in [2.24, 2.45) is 0 Å². The fourth-order valence-corrected chi connectivity index (χ4v) is 4.84. The van der Waals surface area contributed by atoms with E-state index in [0.717, 1.165) is 34.6 Å². The number of anilines is 1. The monoisotopic (exact) mass is 485 g/mol. The molecule has 2 atom stereocenters. The van der Waals surface area contributed by atoms with E-state index >= 15 is 0 Å². The highest BCUT2D eigenvalue weighted by Crippen LogP contribution is 2.41. The van der Waals surface area contributed by atoms with Gasteiger partial charge in [-0.1, -0.05) is 54.9 Å². The van der Waals surface area contributed by atoms with Gasteiger partial charge in [-0.3, -0.25) is 4.79 Å². The fourth-order valence-electron chi connectivity index (χ4n) is 3.60. The summed E-state index contributed by atoms with van der Waals surface area (Å²) in [6.45, 7) is 3.76. The van der Waals surface area contributed by atoms with Gasteiger partial charge < -0.3 is 18.9 Å². The average molecular weight is 486 g/mol. The number of ether oxygens (including phenoxy) is 2. The predicted molar refractivity (Wildman–Crippen MR) is 132 cm³/mol. The quantitative estimate of drug-likeness (QED) is 0.344. The van der Waals surface area contributed by atoms with Crippen molar-refractivity contribution < 1.29 is 14.3 Å². The van der Waals surface area contributed by atoms with Crippen molar-refractivity contribution in [3.8, 4) is 0 Å². The Bertz CT molecular complexity index is 1060. The summed E-state index contributed by atoms with van der Waals surface area (Å²) in [5, 5.41) is 0.700. The van der Waals surface area contributed by atoms with Crippen molar-refractivity contribution in [1.29, 1.82) is 0 Å². The molecular formula is C25H28ClN3O3S. The first-order valence-corrected chi connectivity index (χ1v) is 12.3. The second kappa shape index (κ2) is 11.2. The summed E-state index contributed by atoms with van der Waals surface area (Å²) in [7, 11) is 1.81. The zero-order valence-corrected chi connectivity index (χ0v) is 20.4. The number of rotatable bonds is 10. The van der Waals surface area contributed by atoms with Crippen LogP contribution in [0, 0.1) is 0 Å². The molecule has 1 amide bonds. The van der Waals surface area contributed by atoms with E-state index in [-0.39, 0.29) is 12.0 Å². The van der Waals surface area contributed by atoms with Crippen LogP contribution in [0.25, 0.3) is 0 Å². The number of amides is 1. The third kappa shape index (κ3) is 5.98. The third-order valence-corrected chi connectivity index (χ3v) is 6.95. The maximum absolute atomic E-state index is 12.9. The number of fused-ring (bicyclic) bond motifs is 1. The summed E-state index contributed by atoms with van der Waals surface area (Å²) >= 11 is 7.48. The van der Waals surface area contributed by atoms with Crippen LogP contribution in [-0.4, -0.2) is 34.5 Å². The Morgan fingerprint density at radius 2 is 2.03 bits per heavy atom. The van der Waals surface area contributed by atoms with Crippen molar-refractivity contribution in [1.82, 2.24) is 9.55 Å². The molecule has 174 valence electrons. The minimum absolute atomic E-state index is 0.0333. The first-order valence-electron chi connectivity index (χ1n) is 11.1. The molecule has 2 unspecified atom stereocenters. The number of benzene rings is 2. The maximum atomic E-state index is 12.9. The number of likely N-dealkylation sites (N-methyl/N-ethyl adjacent to an activating group) is 1. The predicted octanol–water partition coefficient (Wildman–Crippen LogP) is 5.71. The molecule has 0 bridgehead atoms. The topological polar surface area (TPSA) is 56.6 Å². The summed E-state index contributed by atoms with van der Waals surface area (Å²) in [5.74, 6) is -0.0333. The minimum Gasteiger partial charge on any atom is -0.367 e. The van der Waals surface area contributed by atoms with Gasteiger partial charge in [-0.2, -0.15) is 0 Å². The fraction of sp³-hybridized carbons (Fsp3) is 0.360. The van der Waals surface area contributed by atoms with E-state index in [1.54, 1.807) is 24.5 Å². The molecule has 6 nitrogen and oxygen atoms in total. The number of unbranched alkanes of at least 4 members (excludes halogenated alkanes) is 1. The molecule has 0 radical (unpaired) electrons. The van der Waals surface area contributed by atoms with Crippen molar-refractivity contribution in [2.75, 3.05) is 18.6 Å². The third-order valence-electron chi connectivity index (χ3n) is 5.55. The summed E-state index contributed by atoms with van der Waals surface area (Å²) in [5.41, 5.74) is 2.43. The number of halogens is 1. The van der Waals surface area contributed by atoms with Gasteiger partial charge in [-0.05, 0) is 41.8 Å². The van der Waals surface area contributed by atoms with Gasteiger partial charge >= 0.3 is 0 Å². The molecule has 0 saturated carbocycles. The first kappa shape index (κ1) is 23.8. The zero-order chi connectivity index (χ0) is 23.2. The Morgan fingerprint density at radius 3 is 2.76 bits per heavy atom. The number of thioether (sulfide) groups is 1. The Hall–Kier alpha value is -2.32. The summed E-state index contributed by atoms with van der Waals surface area (Å²) in [6.07, 6.45) is 7.22. The molecule has 1 aliphatic rings. The van der Waals surface area contributed by atoms with Crippen LogP contribution >= 0.6 is 23.4 Å². The second-order valence-electron chi connectivity index (χ2n) is 7.98. The number of imidazole rings is 1. The molecule has 2 heterocycles. The summed E-state index contributed by atoms with van der Waals surface area (Å²) in [6, 6.07) is 13.8. The highest BCUT2D eigenvalue weighted by Gasteiger charge is 2.32. The Balaban J connectivity index is 1.54. The van der Waals surface area contributed by atoms with E-state index in [1.165, 1.54) is 11.8 Å². The Kier molecular flexibility index (Phi) is 8.09. The SMILES string of the molecule is CCCCOC1Sc2ccc(C(Cn3ccnc3)OCc3ccc(Cl)cc3)cc2N(C)C1=O. The molecule has 0 spiro atoms. The van der Waals surface area contributed by atoms with Gasteiger partial charge in [0.1, 0.15) is 6.10 Å². The molecule has 0 N–H and O–H groups in total. The van der Waals surface area contributed by atoms with Crippen LogP contribution < -0.4 is 4.90 Å². The maximum Gasteiger partial charge on any atom is 0.266 e. The highest BCUT2D eigenvalue weighted by atomic mass is 35.5. The normalized spacial score (nSPS) is 16.6. The summed E-state index contributed by atoms with van der Waals surface area (Å²) in [4.78, 5) is 19.8. The molecule has 0 aliphatic carbocycles. The number of hydrogen-bond donors (Lipinski definition) is 0. The highest BCUT2D eigenvalue weighted by molar-refractivity contribution is 8.00. The lowest BCUT2D eigenvalue weighted by Gasteiger charge is -2.32. The van der Waals surface area contributed by atoms with Crippen LogP contribution in [0.4, 0.5) is 5.69 Å². The number of carbonyl (C=O) groups is 1. The lowest BCUT2D eigenvalue weighted by Crippen LogP contribution is -2.39. The molecule has 0 fully saturated rings. The van der Waals surface area contributed by atoms with E-state index in [9.17, 15) is 4.79 Å². The van der Waals surface area contributed by atoms with Gasteiger partial charge in [0, 0.05) is 36.0 Å². The van der Waals surface area contributed by atoms with Crippen LogP contribution in [0.5, 0.6) is 0 Å². The number of nitrogens with zero attached hydrogens (tertiary/aromatic N) is 3. The van der Waals surface area contributed by atoms with Crippen LogP contribution in [0.1, 0.15) is 37.0 Å². The lowest BCUT2D eigenvalue weighted by molar-refractivity contribution is -0.125. The minimum atomic E-state index is -0.497. The molecule has 1 aliphatic heterocycles. The van der Waals surface area contributed by atoms with Gasteiger partial charge in [-0.15, -0.1) is 0 Å². The molecular weight excluding hydrogens is 458 g/mol. The largest absolute Gasteiger partial charge is 0.367 e. The second-order valence-corrected chi connectivity index (χ2v) is 9.52. The standard InChI is InChI=1S/C25H28ClN3O3S/c1-3-4-13-31-25-24(30)28(2)21-14-19(7-10-23(21)33-25)22(15-29-12-11-27-17-29)32-16-18-5-8-20(26)9-6-18/h5-12,14,17,22,25H,3-4,13,15-16H2,1-2H3. The van der Waals surface area contributed by atoms with Crippen LogP contribution in [0.15, 0.2) is 66.1 Å². The van der Waals surface area contributed by atoms with Gasteiger partial charge in [0.25, 0.3) is 5.91 Å². The van der Waals surface area contributed by atoms with Crippen molar-refractivity contribution in [3.63, 3.8) is 0 Å². The molecule has 4 rings (SSSR count). The van der Waals surface area contributed by atoms with E-state index in [4.69, 9.17) is 21.1 Å². The zero-order valence-electron chi connectivity index (χ0n) is 18.8. The van der Waals surface area contributed by atoms with Crippen LogP contribution in [-0.2, 0) is 27.4 Å². The van der Waals surface area contributed by atoms with E-state index in [1.807, 2.05) is 41.1 Å². The van der Waals surface area contributed by atoms with Crippen molar-refractivity contribution >= 4 is 35.0 Å². The van der Waals surface area contributed by atoms with Gasteiger partial charge in [0.2, 0.25) is 0 Å². The van der Waals surface area contributed by atoms with E-state index in [2.05, 4.69) is 24.0 Å². The van der Waals surface area contributed by atoms with Gasteiger partial charge in [0.15, 0.2) is 5.44 Å².